The zero-order valence-electron chi connectivity index (χ0n) is 14.9. The molecular formula is C18H19N3O6. The van der Waals surface area contributed by atoms with Crippen LogP contribution in [0.2, 0.25) is 0 Å². The maximum absolute atomic E-state index is 12.1. The van der Waals surface area contributed by atoms with Crippen molar-refractivity contribution in [3.05, 3.63) is 58.1 Å². The van der Waals surface area contributed by atoms with Gasteiger partial charge in [0, 0.05) is 17.3 Å². The van der Waals surface area contributed by atoms with Crippen molar-refractivity contribution in [2.24, 2.45) is 0 Å². The van der Waals surface area contributed by atoms with Gasteiger partial charge in [0.15, 0.2) is 5.75 Å². The van der Waals surface area contributed by atoms with Gasteiger partial charge in [-0.3, -0.25) is 19.7 Å². The van der Waals surface area contributed by atoms with Gasteiger partial charge in [-0.1, -0.05) is 0 Å². The summed E-state index contributed by atoms with van der Waals surface area (Å²) in [6.45, 7) is 2.13. The van der Waals surface area contributed by atoms with Gasteiger partial charge in [-0.2, -0.15) is 0 Å². The number of rotatable bonds is 8. The molecule has 0 unspecified atom stereocenters. The quantitative estimate of drug-likeness (QED) is 0.541. The Hall–Kier alpha value is -3.62. The zero-order chi connectivity index (χ0) is 19.8. The van der Waals surface area contributed by atoms with E-state index in [0.29, 0.717) is 18.0 Å². The number of hydrogen-bond donors (Lipinski definition) is 2. The first-order valence-corrected chi connectivity index (χ1v) is 8.08. The first kappa shape index (κ1) is 19.7. The third kappa shape index (κ3) is 5.43. The van der Waals surface area contributed by atoms with Gasteiger partial charge in [0.2, 0.25) is 5.91 Å². The van der Waals surface area contributed by atoms with Gasteiger partial charge in [0.05, 0.1) is 25.2 Å². The highest BCUT2D eigenvalue weighted by Crippen LogP contribution is 2.27. The van der Waals surface area contributed by atoms with Crippen LogP contribution >= 0.6 is 0 Å². The number of amides is 2. The monoisotopic (exact) mass is 373 g/mol. The second-order valence-corrected chi connectivity index (χ2v) is 5.33. The molecule has 0 saturated heterocycles. The van der Waals surface area contributed by atoms with Gasteiger partial charge in [-0.15, -0.1) is 0 Å². The summed E-state index contributed by atoms with van der Waals surface area (Å²) in [6.07, 6.45) is 0. The molecule has 0 atom stereocenters. The number of benzene rings is 2. The van der Waals surface area contributed by atoms with E-state index in [9.17, 15) is 19.7 Å². The molecule has 0 bridgehead atoms. The Morgan fingerprint density at radius 3 is 2.44 bits per heavy atom. The Kier molecular flexibility index (Phi) is 6.70. The van der Waals surface area contributed by atoms with Gasteiger partial charge < -0.3 is 20.1 Å². The molecule has 0 aliphatic carbocycles. The molecule has 2 N–H and O–H groups in total. The number of carbonyl (C=O) groups is 2. The molecule has 0 aliphatic rings. The van der Waals surface area contributed by atoms with Crippen molar-refractivity contribution in [3.63, 3.8) is 0 Å². The van der Waals surface area contributed by atoms with Crippen molar-refractivity contribution in [2.45, 2.75) is 6.92 Å². The molecule has 9 nitrogen and oxygen atoms in total. The van der Waals surface area contributed by atoms with Gasteiger partial charge in [-0.25, -0.2) is 0 Å². The number of anilines is 1. The number of nitro groups is 1. The fourth-order valence-corrected chi connectivity index (χ4v) is 2.24. The van der Waals surface area contributed by atoms with E-state index in [1.54, 1.807) is 24.3 Å². The normalized spacial score (nSPS) is 10.0. The summed E-state index contributed by atoms with van der Waals surface area (Å²) < 4.78 is 10.2. The third-order valence-corrected chi connectivity index (χ3v) is 3.50. The molecule has 0 fully saturated rings. The number of carbonyl (C=O) groups excluding carboxylic acids is 2. The minimum atomic E-state index is -0.645. The Morgan fingerprint density at radius 1 is 1.15 bits per heavy atom. The number of nitrogens with zero attached hydrogens (tertiary/aromatic N) is 1. The maximum atomic E-state index is 12.1. The van der Waals surface area contributed by atoms with E-state index in [-0.39, 0.29) is 23.5 Å². The largest absolute Gasteiger partial charge is 0.494 e. The number of methoxy groups -OCH3 is 1. The Labute approximate surface area is 155 Å². The van der Waals surface area contributed by atoms with Crippen LogP contribution in [0.5, 0.6) is 11.5 Å². The summed E-state index contributed by atoms with van der Waals surface area (Å²) in [6, 6.07) is 10.6. The smallest absolute Gasteiger partial charge is 0.311 e. The lowest BCUT2D eigenvalue weighted by Gasteiger charge is -2.09. The van der Waals surface area contributed by atoms with E-state index >= 15 is 0 Å². The van der Waals surface area contributed by atoms with E-state index in [4.69, 9.17) is 9.47 Å². The van der Waals surface area contributed by atoms with Crippen molar-refractivity contribution in [1.82, 2.24) is 5.32 Å². The van der Waals surface area contributed by atoms with Crippen LogP contribution in [0, 0.1) is 10.1 Å². The maximum Gasteiger partial charge on any atom is 0.311 e. The lowest BCUT2D eigenvalue weighted by atomic mass is 10.1. The molecule has 0 radical (unpaired) electrons. The van der Waals surface area contributed by atoms with Crippen molar-refractivity contribution in [3.8, 4) is 11.5 Å². The molecule has 9 heteroatoms. The lowest BCUT2D eigenvalue weighted by molar-refractivity contribution is -0.385. The van der Waals surface area contributed by atoms with Gasteiger partial charge in [-0.05, 0) is 43.3 Å². The Balaban J connectivity index is 1.93. The van der Waals surface area contributed by atoms with Crippen molar-refractivity contribution in [2.75, 3.05) is 25.6 Å². The SMILES string of the molecule is CCOc1ccc(NC(=O)CNC(=O)c2ccc(OC)c([N+](=O)[O-])c2)cc1. The van der Waals surface area contributed by atoms with Crippen LogP contribution in [0.1, 0.15) is 17.3 Å². The van der Waals surface area contributed by atoms with E-state index < -0.39 is 16.7 Å². The van der Waals surface area contributed by atoms with Crippen LogP contribution in [0.4, 0.5) is 11.4 Å². The molecule has 0 spiro atoms. The molecule has 0 aromatic heterocycles. The lowest BCUT2D eigenvalue weighted by Crippen LogP contribution is -2.32. The van der Waals surface area contributed by atoms with Gasteiger partial charge in [0.1, 0.15) is 5.75 Å². The minimum Gasteiger partial charge on any atom is -0.494 e. The first-order valence-electron chi connectivity index (χ1n) is 8.08. The molecule has 2 aromatic rings. The number of nitrogens with one attached hydrogen (secondary N) is 2. The van der Waals surface area contributed by atoms with Crippen molar-refractivity contribution < 1.29 is 24.0 Å². The van der Waals surface area contributed by atoms with E-state index in [1.807, 2.05) is 6.92 Å². The minimum absolute atomic E-state index is 0.0461. The molecule has 27 heavy (non-hydrogen) atoms. The fourth-order valence-electron chi connectivity index (χ4n) is 2.24. The predicted molar refractivity (Wildman–Crippen MR) is 98.2 cm³/mol. The third-order valence-electron chi connectivity index (χ3n) is 3.50. The van der Waals surface area contributed by atoms with E-state index in [0.717, 1.165) is 6.07 Å². The first-order chi connectivity index (χ1) is 12.9. The second kappa shape index (κ2) is 9.18. The van der Waals surface area contributed by atoms with E-state index in [2.05, 4.69) is 10.6 Å². The fraction of sp³-hybridized carbons (Fsp3) is 0.222. The molecule has 0 heterocycles. The topological polar surface area (TPSA) is 120 Å². The van der Waals surface area contributed by atoms with Crippen LogP contribution in [0.25, 0.3) is 0 Å². The van der Waals surface area contributed by atoms with Gasteiger partial charge in [0.25, 0.3) is 5.91 Å². The summed E-state index contributed by atoms with van der Waals surface area (Å²) in [7, 11) is 1.30. The van der Waals surface area contributed by atoms with E-state index in [1.165, 1.54) is 19.2 Å². The number of hydrogen-bond acceptors (Lipinski definition) is 6. The summed E-state index contributed by atoms with van der Waals surface area (Å²) >= 11 is 0. The summed E-state index contributed by atoms with van der Waals surface area (Å²) in [5, 5.41) is 16.1. The average molecular weight is 373 g/mol. The van der Waals surface area contributed by atoms with Crippen LogP contribution in [0.15, 0.2) is 42.5 Å². The van der Waals surface area contributed by atoms with Crippen LogP contribution in [-0.4, -0.2) is 37.0 Å². The molecule has 2 rings (SSSR count). The van der Waals surface area contributed by atoms with Gasteiger partial charge >= 0.3 is 5.69 Å². The standard InChI is InChI=1S/C18H19N3O6/c1-3-27-14-7-5-13(6-8-14)20-17(22)11-19-18(23)12-4-9-16(26-2)15(10-12)21(24)25/h4-10H,3,11H2,1-2H3,(H,19,23)(H,20,22). The molecule has 0 aliphatic heterocycles. The highest BCUT2D eigenvalue weighted by molar-refractivity contribution is 5.99. The Bertz CT molecular complexity index is 835. The summed E-state index contributed by atoms with van der Waals surface area (Å²) in [5.41, 5.74) is 0.276. The number of ether oxygens (including phenoxy) is 2. The summed E-state index contributed by atoms with van der Waals surface area (Å²) in [5.74, 6) is -0.312. The highest BCUT2D eigenvalue weighted by Gasteiger charge is 2.18. The molecule has 142 valence electrons. The van der Waals surface area contributed by atoms with Crippen molar-refractivity contribution >= 4 is 23.2 Å². The predicted octanol–water partition coefficient (Wildman–Crippen LogP) is 2.37. The van der Waals surface area contributed by atoms with Crippen LogP contribution in [-0.2, 0) is 4.79 Å². The zero-order valence-corrected chi connectivity index (χ0v) is 14.9. The van der Waals surface area contributed by atoms with Crippen LogP contribution < -0.4 is 20.1 Å². The van der Waals surface area contributed by atoms with Crippen LogP contribution in [0.3, 0.4) is 0 Å². The molecule has 2 aromatic carbocycles. The molecule has 0 saturated carbocycles. The average Bonchev–Trinajstić information content (AvgIpc) is 2.67. The number of nitro benzene ring substituents is 1. The second-order valence-electron chi connectivity index (χ2n) is 5.33. The molecule has 2 amide bonds. The molecular weight excluding hydrogens is 354 g/mol. The van der Waals surface area contributed by atoms with Crippen molar-refractivity contribution in [1.29, 1.82) is 0 Å². The highest BCUT2D eigenvalue weighted by atomic mass is 16.6. The Morgan fingerprint density at radius 2 is 1.85 bits per heavy atom. The summed E-state index contributed by atoms with van der Waals surface area (Å²) in [4.78, 5) is 34.4.